The Labute approximate surface area is 116 Å². The zero-order chi connectivity index (χ0) is 13.7. The summed E-state index contributed by atoms with van der Waals surface area (Å²) in [5, 5.41) is 8.97. The summed E-state index contributed by atoms with van der Waals surface area (Å²) >= 11 is 0. The molecule has 2 rings (SSSR count). The summed E-state index contributed by atoms with van der Waals surface area (Å²) in [5.41, 5.74) is 2.48. The Bertz CT molecular complexity index is 497. The highest BCUT2D eigenvalue weighted by Gasteiger charge is 2.24. The molecule has 0 N–H and O–H groups in total. The third kappa shape index (κ3) is 3.17. The van der Waals surface area contributed by atoms with Crippen molar-refractivity contribution in [3.05, 3.63) is 29.5 Å². The van der Waals surface area contributed by atoms with Crippen molar-refractivity contribution in [1.29, 1.82) is 5.26 Å². The maximum Gasteiger partial charge on any atom is 0.271 e. The molecule has 0 bridgehead atoms. The predicted octanol–water partition coefficient (Wildman–Crippen LogP) is 3.19. The fourth-order valence-electron chi connectivity index (χ4n) is 2.47. The topological polar surface area (TPSA) is 39.9 Å². The van der Waals surface area contributed by atoms with Gasteiger partial charge in [0.05, 0.1) is 0 Å². The van der Waals surface area contributed by atoms with Gasteiger partial charge in [-0.2, -0.15) is 0 Å². The largest absolute Gasteiger partial charge is 0.357 e. The van der Waals surface area contributed by atoms with Crippen molar-refractivity contribution in [1.82, 2.24) is 4.98 Å². The maximum absolute atomic E-state index is 8.97. The van der Waals surface area contributed by atoms with Gasteiger partial charge in [0.1, 0.15) is 5.82 Å². The molecule has 1 saturated heterocycles. The molecule has 19 heavy (non-hydrogen) atoms. The van der Waals surface area contributed by atoms with Crippen molar-refractivity contribution in [3.63, 3.8) is 0 Å². The van der Waals surface area contributed by atoms with Gasteiger partial charge < -0.3 is 4.90 Å². The molecule has 3 nitrogen and oxygen atoms in total. The summed E-state index contributed by atoms with van der Waals surface area (Å²) in [6.45, 7) is 6.35. The first-order valence-electron chi connectivity index (χ1n) is 7.03. The minimum absolute atomic E-state index is 0.218. The third-order valence-corrected chi connectivity index (χ3v) is 3.68. The Morgan fingerprint density at radius 2 is 2.21 bits per heavy atom. The molecule has 1 aromatic rings. The molecule has 0 spiro atoms. The van der Waals surface area contributed by atoms with Crippen molar-refractivity contribution >= 4 is 18.6 Å². The number of pyridine rings is 1. The number of aromatic nitrogens is 1. The lowest BCUT2D eigenvalue weighted by atomic mass is 9.45. The van der Waals surface area contributed by atoms with Crippen molar-refractivity contribution in [2.75, 3.05) is 18.0 Å². The number of rotatable bonds is 3. The van der Waals surface area contributed by atoms with E-state index in [9.17, 15) is 0 Å². The number of nitrogens with zero attached hydrogens (tertiary/aromatic N) is 3. The number of hydrogen-bond donors (Lipinski definition) is 0. The van der Waals surface area contributed by atoms with E-state index in [-0.39, 0.29) is 6.71 Å². The van der Waals surface area contributed by atoms with Gasteiger partial charge in [-0.3, -0.25) is 0 Å². The monoisotopic (exact) mass is 253 g/mol. The Morgan fingerprint density at radius 3 is 2.84 bits per heavy atom. The van der Waals surface area contributed by atoms with E-state index in [4.69, 9.17) is 5.26 Å². The third-order valence-electron chi connectivity index (χ3n) is 3.68. The molecular weight excluding hydrogens is 233 g/mol. The second-order valence-corrected chi connectivity index (χ2v) is 5.07. The predicted molar refractivity (Wildman–Crippen MR) is 81.5 cm³/mol. The molecule has 1 aliphatic rings. The van der Waals surface area contributed by atoms with Crippen LogP contribution in [0.3, 0.4) is 0 Å². The van der Waals surface area contributed by atoms with Crippen LogP contribution in [0.5, 0.6) is 0 Å². The maximum atomic E-state index is 8.97. The van der Waals surface area contributed by atoms with Crippen LogP contribution in [0.25, 0.3) is 6.08 Å². The Hall–Kier alpha value is -1.76. The lowest BCUT2D eigenvalue weighted by molar-refractivity contribution is 0.803. The molecule has 98 valence electrons. The number of nitriles is 1. The van der Waals surface area contributed by atoms with Crippen LogP contribution in [0.4, 0.5) is 5.82 Å². The summed E-state index contributed by atoms with van der Waals surface area (Å²) in [5.74, 6) is 3.45. The molecule has 0 amide bonds. The molecular formula is C15H20BN3. The summed E-state index contributed by atoms with van der Waals surface area (Å²) in [6.07, 6.45) is 9.16. The summed E-state index contributed by atoms with van der Waals surface area (Å²) in [6, 6.07) is 2.06. The fourth-order valence-corrected chi connectivity index (χ4v) is 2.47. The molecule has 4 heteroatoms. The van der Waals surface area contributed by atoms with E-state index >= 15 is 0 Å². The number of allylic oxidation sites excluding steroid dienone is 1. The first-order valence-corrected chi connectivity index (χ1v) is 7.03. The highest BCUT2D eigenvalue weighted by molar-refractivity contribution is 6.67. The molecule has 1 aromatic heterocycles. The average molecular weight is 253 g/mol. The lowest BCUT2D eigenvalue weighted by Gasteiger charge is -2.30. The molecule has 0 saturated carbocycles. The molecule has 0 aromatic carbocycles. The SMILES string of the molecule is CC/C=C\c1c(C)ccnc1N1CCB(C#N)CC1. The van der Waals surface area contributed by atoms with Crippen LogP contribution in [0.1, 0.15) is 24.5 Å². The van der Waals surface area contributed by atoms with Gasteiger partial charge in [0, 0.05) is 30.8 Å². The second kappa shape index (κ2) is 6.42. The van der Waals surface area contributed by atoms with Crippen LogP contribution in [0, 0.1) is 18.2 Å². The first kappa shape index (κ1) is 13.7. The van der Waals surface area contributed by atoms with Crippen LogP contribution in [-0.4, -0.2) is 24.8 Å². The number of anilines is 1. The fraction of sp³-hybridized carbons (Fsp3) is 0.467. The highest BCUT2D eigenvalue weighted by Crippen LogP contribution is 2.25. The van der Waals surface area contributed by atoms with Crippen molar-refractivity contribution in [2.45, 2.75) is 32.9 Å². The van der Waals surface area contributed by atoms with Crippen molar-refractivity contribution in [2.24, 2.45) is 0 Å². The minimum Gasteiger partial charge on any atom is -0.357 e. The molecule has 1 aliphatic heterocycles. The van der Waals surface area contributed by atoms with E-state index in [1.807, 2.05) is 6.20 Å². The van der Waals surface area contributed by atoms with Crippen LogP contribution < -0.4 is 4.90 Å². The van der Waals surface area contributed by atoms with E-state index in [2.05, 4.69) is 47.9 Å². The second-order valence-electron chi connectivity index (χ2n) is 5.07. The molecule has 0 atom stereocenters. The van der Waals surface area contributed by atoms with Gasteiger partial charge in [0.15, 0.2) is 0 Å². The zero-order valence-corrected chi connectivity index (χ0v) is 11.8. The molecule has 2 heterocycles. The first-order chi connectivity index (χ1) is 9.26. The number of hydrogen-bond acceptors (Lipinski definition) is 3. The quantitative estimate of drug-likeness (QED) is 0.776. The van der Waals surface area contributed by atoms with Crippen molar-refractivity contribution < 1.29 is 0 Å². The van der Waals surface area contributed by atoms with Gasteiger partial charge in [0.2, 0.25) is 0 Å². The smallest absolute Gasteiger partial charge is 0.271 e. The van der Waals surface area contributed by atoms with E-state index < -0.39 is 0 Å². The Balaban J connectivity index is 2.23. The van der Waals surface area contributed by atoms with Gasteiger partial charge in [0.25, 0.3) is 6.71 Å². The standard InChI is InChI=1S/C15H20BN3/c1-3-4-5-14-13(2)6-9-18-15(14)19-10-7-16(12-17)8-11-19/h4-6,9H,3,7-8,10-11H2,1-2H3/b5-4-. The van der Waals surface area contributed by atoms with Crippen LogP contribution >= 0.6 is 0 Å². The van der Waals surface area contributed by atoms with Gasteiger partial charge in [-0.25, -0.2) is 10.2 Å². The average Bonchev–Trinajstić information content (AvgIpc) is 2.46. The van der Waals surface area contributed by atoms with Crippen molar-refractivity contribution in [3.8, 4) is 5.97 Å². The normalized spacial score (nSPS) is 15.8. The van der Waals surface area contributed by atoms with Gasteiger partial charge in [-0.1, -0.05) is 19.1 Å². The van der Waals surface area contributed by atoms with Gasteiger partial charge in [-0.15, -0.1) is 0 Å². The minimum atomic E-state index is 0.218. The van der Waals surface area contributed by atoms with E-state index in [0.717, 1.165) is 38.0 Å². The number of aryl methyl sites for hydroxylation is 1. The summed E-state index contributed by atoms with van der Waals surface area (Å²) < 4.78 is 0. The molecule has 0 unspecified atom stereocenters. The molecule has 1 fully saturated rings. The lowest BCUT2D eigenvalue weighted by Crippen LogP contribution is -2.37. The Kier molecular flexibility index (Phi) is 4.62. The van der Waals surface area contributed by atoms with E-state index in [0.29, 0.717) is 0 Å². The van der Waals surface area contributed by atoms with Crippen LogP contribution in [0.15, 0.2) is 18.3 Å². The van der Waals surface area contributed by atoms with E-state index in [1.54, 1.807) is 0 Å². The molecule has 0 radical (unpaired) electrons. The molecule has 0 aliphatic carbocycles. The highest BCUT2D eigenvalue weighted by atomic mass is 15.2. The van der Waals surface area contributed by atoms with Gasteiger partial charge in [-0.05, 0) is 37.6 Å². The summed E-state index contributed by atoms with van der Waals surface area (Å²) in [7, 11) is 0. The van der Waals surface area contributed by atoms with Crippen LogP contribution in [0.2, 0.25) is 12.6 Å². The van der Waals surface area contributed by atoms with Gasteiger partial charge >= 0.3 is 0 Å². The zero-order valence-electron chi connectivity index (χ0n) is 11.8. The van der Waals surface area contributed by atoms with E-state index in [1.165, 1.54) is 11.1 Å². The van der Waals surface area contributed by atoms with Crippen LogP contribution in [-0.2, 0) is 0 Å². The summed E-state index contributed by atoms with van der Waals surface area (Å²) in [4.78, 5) is 6.87. The Morgan fingerprint density at radius 1 is 1.47 bits per heavy atom.